The van der Waals surface area contributed by atoms with Gasteiger partial charge in [-0.15, -0.1) is 0 Å². The standard InChI is InChI=1S/C14H11N3O2S/c1-19-10-4-2-3-9(7-10)5-6-12-11(8-15)13(18)17-14(20)16-12/h2-7H,1H3,(H2,16,17,18,20). The number of hydrogen-bond donors (Lipinski definition) is 2. The molecule has 0 spiro atoms. The summed E-state index contributed by atoms with van der Waals surface area (Å²) in [6.45, 7) is 0. The van der Waals surface area contributed by atoms with Gasteiger partial charge in [0.25, 0.3) is 5.56 Å². The molecule has 2 aromatic rings. The van der Waals surface area contributed by atoms with Crippen LogP contribution >= 0.6 is 12.2 Å². The first-order valence-electron chi connectivity index (χ1n) is 5.73. The van der Waals surface area contributed by atoms with Crippen LogP contribution in [0.1, 0.15) is 16.8 Å². The SMILES string of the molecule is COc1cccc(C=Cc2[nH]c(=S)[nH]c(=O)c2C#N)c1. The van der Waals surface area contributed by atoms with Crippen LogP contribution in [0.15, 0.2) is 29.1 Å². The molecule has 0 aliphatic rings. The molecule has 2 N–H and O–H groups in total. The Hall–Kier alpha value is -2.65. The van der Waals surface area contributed by atoms with E-state index in [0.717, 1.165) is 11.3 Å². The molecular formula is C14H11N3O2S. The quantitative estimate of drug-likeness (QED) is 0.849. The fourth-order valence-electron chi connectivity index (χ4n) is 1.66. The summed E-state index contributed by atoms with van der Waals surface area (Å²) in [6.07, 6.45) is 3.40. The second-order valence-corrected chi connectivity index (χ2v) is 4.33. The fourth-order valence-corrected chi connectivity index (χ4v) is 1.87. The minimum Gasteiger partial charge on any atom is -0.497 e. The van der Waals surface area contributed by atoms with E-state index in [-0.39, 0.29) is 10.3 Å². The Morgan fingerprint density at radius 3 is 2.85 bits per heavy atom. The molecule has 0 radical (unpaired) electrons. The maximum atomic E-state index is 11.6. The van der Waals surface area contributed by atoms with Crippen molar-refractivity contribution in [3.8, 4) is 11.8 Å². The first-order valence-corrected chi connectivity index (χ1v) is 6.13. The van der Waals surface area contributed by atoms with Gasteiger partial charge in [-0.2, -0.15) is 5.26 Å². The van der Waals surface area contributed by atoms with Gasteiger partial charge in [-0.1, -0.05) is 18.2 Å². The van der Waals surface area contributed by atoms with Crippen molar-refractivity contribution in [2.75, 3.05) is 7.11 Å². The van der Waals surface area contributed by atoms with Gasteiger partial charge in [-0.25, -0.2) is 0 Å². The Morgan fingerprint density at radius 2 is 2.15 bits per heavy atom. The zero-order valence-electron chi connectivity index (χ0n) is 10.6. The van der Waals surface area contributed by atoms with Crippen molar-refractivity contribution in [2.45, 2.75) is 0 Å². The van der Waals surface area contributed by atoms with Crippen molar-refractivity contribution < 1.29 is 4.74 Å². The Kier molecular flexibility index (Phi) is 4.13. The van der Waals surface area contributed by atoms with Crippen LogP contribution in [0, 0.1) is 16.1 Å². The normalized spacial score (nSPS) is 10.4. The summed E-state index contributed by atoms with van der Waals surface area (Å²) >= 11 is 4.89. The molecule has 0 fully saturated rings. The topological polar surface area (TPSA) is 81.7 Å². The van der Waals surface area contributed by atoms with E-state index >= 15 is 0 Å². The predicted molar refractivity (Wildman–Crippen MR) is 78.9 cm³/mol. The van der Waals surface area contributed by atoms with Gasteiger partial charge in [0.15, 0.2) is 4.77 Å². The number of benzene rings is 1. The molecule has 1 aromatic heterocycles. The van der Waals surface area contributed by atoms with Crippen molar-refractivity contribution in [3.05, 3.63) is 56.2 Å². The zero-order valence-corrected chi connectivity index (χ0v) is 11.5. The number of aromatic amines is 2. The molecule has 1 aromatic carbocycles. The van der Waals surface area contributed by atoms with Crippen molar-refractivity contribution in [1.29, 1.82) is 5.26 Å². The van der Waals surface area contributed by atoms with Crippen molar-refractivity contribution in [1.82, 2.24) is 9.97 Å². The Balaban J connectivity index is 2.44. The number of aromatic nitrogens is 2. The molecule has 6 heteroatoms. The number of H-pyrrole nitrogens is 2. The molecule has 100 valence electrons. The zero-order chi connectivity index (χ0) is 14.5. The highest BCUT2D eigenvalue weighted by Crippen LogP contribution is 2.15. The lowest BCUT2D eigenvalue weighted by Crippen LogP contribution is -2.13. The van der Waals surface area contributed by atoms with Crippen LogP contribution in [0.25, 0.3) is 12.2 Å². The average Bonchev–Trinajstić information content (AvgIpc) is 2.45. The van der Waals surface area contributed by atoms with Gasteiger partial charge in [0.05, 0.1) is 12.8 Å². The Bertz CT molecular complexity index is 812. The minimum absolute atomic E-state index is 0.00209. The average molecular weight is 285 g/mol. The largest absolute Gasteiger partial charge is 0.497 e. The smallest absolute Gasteiger partial charge is 0.270 e. The molecule has 1 heterocycles. The Labute approximate surface area is 120 Å². The summed E-state index contributed by atoms with van der Waals surface area (Å²) in [6, 6.07) is 9.26. The molecule has 0 atom stereocenters. The molecule has 0 saturated heterocycles. The van der Waals surface area contributed by atoms with Gasteiger partial charge in [0.1, 0.15) is 17.4 Å². The molecule has 0 bridgehead atoms. The number of ether oxygens (including phenoxy) is 1. The molecule has 0 aliphatic heterocycles. The van der Waals surface area contributed by atoms with E-state index in [2.05, 4.69) is 9.97 Å². The van der Waals surface area contributed by atoms with E-state index in [1.807, 2.05) is 30.3 Å². The van der Waals surface area contributed by atoms with E-state index in [9.17, 15) is 4.79 Å². The van der Waals surface area contributed by atoms with Gasteiger partial charge in [0, 0.05) is 0 Å². The number of rotatable bonds is 3. The van der Waals surface area contributed by atoms with E-state index in [1.165, 1.54) is 0 Å². The van der Waals surface area contributed by atoms with Crippen LogP contribution in [-0.4, -0.2) is 17.1 Å². The summed E-state index contributed by atoms with van der Waals surface area (Å²) in [5.41, 5.74) is 0.760. The van der Waals surface area contributed by atoms with Gasteiger partial charge < -0.3 is 9.72 Å². The van der Waals surface area contributed by atoms with E-state index < -0.39 is 5.56 Å². The number of nitrogens with zero attached hydrogens (tertiary/aromatic N) is 1. The van der Waals surface area contributed by atoms with Crippen LogP contribution in [0.2, 0.25) is 0 Å². The predicted octanol–water partition coefficient (Wildman–Crippen LogP) is 2.48. The number of nitriles is 1. The summed E-state index contributed by atoms with van der Waals surface area (Å²) < 4.78 is 5.30. The lowest BCUT2D eigenvalue weighted by atomic mass is 10.1. The van der Waals surface area contributed by atoms with Crippen molar-refractivity contribution in [3.63, 3.8) is 0 Å². The molecular weight excluding hydrogens is 274 g/mol. The maximum Gasteiger partial charge on any atom is 0.270 e. The highest BCUT2D eigenvalue weighted by molar-refractivity contribution is 7.71. The van der Waals surface area contributed by atoms with Gasteiger partial charge in [-0.05, 0) is 36.0 Å². The van der Waals surface area contributed by atoms with Crippen LogP contribution < -0.4 is 10.3 Å². The molecule has 0 aliphatic carbocycles. The van der Waals surface area contributed by atoms with Gasteiger partial charge in [-0.3, -0.25) is 9.78 Å². The van der Waals surface area contributed by atoms with Crippen LogP contribution in [-0.2, 0) is 0 Å². The third kappa shape index (κ3) is 3.02. The molecule has 0 unspecified atom stereocenters. The fraction of sp³-hybridized carbons (Fsp3) is 0.0714. The van der Waals surface area contributed by atoms with E-state index in [0.29, 0.717) is 5.69 Å². The van der Waals surface area contributed by atoms with Crippen molar-refractivity contribution >= 4 is 24.4 Å². The maximum absolute atomic E-state index is 11.6. The molecule has 5 nitrogen and oxygen atoms in total. The first kappa shape index (κ1) is 13.8. The number of hydrogen-bond acceptors (Lipinski definition) is 4. The second-order valence-electron chi connectivity index (χ2n) is 3.92. The van der Waals surface area contributed by atoms with Crippen LogP contribution in [0.3, 0.4) is 0 Å². The lowest BCUT2D eigenvalue weighted by Gasteiger charge is -2.01. The van der Waals surface area contributed by atoms with Crippen LogP contribution in [0.4, 0.5) is 0 Å². The number of nitrogens with one attached hydrogen (secondary N) is 2. The lowest BCUT2D eigenvalue weighted by molar-refractivity contribution is 0.414. The second kappa shape index (κ2) is 5.99. The molecule has 0 amide bonds. The van der Waals surface area contributed by atoms with Crippen molar-refractivity contribution in [2.24, 2.45) is 0 Å². The summed E-state index contributed by atoms with van der Waals surface area (Å²) in [7, 11) is 1.59. The molecule has 20 heavy (non-hydrogen) atoms. The monoisotopic (exact) mass is 285 g/mol. The highest BCUT2D eigenvalue weighted by Gasteiger charge is 2.04. The third-order valence-corrected chi connectivity index (χ3v) is 2.82. The first-order chi connectivity index (χ1) is 9.63. The summed E-state index contributed by atoms with van der Waals surface area (Å²) in [5, 5.41) is 8.99. The Morgan fingerprint density at radius 1 is 1.35 bits per heavy atom. The molecule has 2 rings (SSSR count). The molecule has 0 saturated carbocycles. The van der Waals surface area contributed by atoms with E-state index in [4.69, 9.17) is 22.2 Å². The van der Waals surface area contributed by atoms with Crippen LogP contribution in [0.5, 0.6) is 5.75 Å². The summed E-state index contributed by atoms with van der Waals surface area (Å²) in [4.78, 5) is 16.7. The minimum atomic E-state index is -0.499. The van der Waals surface area contributed by atoms with E-state index in [1.54, 1.807) is 19.3 Å². The third-order valence-electron chi connectivity index (χ3n) is 2.62. The van der Waals surface area contributed by atoms with Gasteiger partial charge >= 0.3 is 0 Å². The summed E-state index contributed by atoms with van der Waals surface area (Å²) in [5.74, 6) is 0.728. The van der Waals surface area contributed by atoms with Gasteiger partial charge in [0.2, 0.25) is 0 Å². The highest BCUT2D eigenvalue weighted by atomic mass is 32.1. The number of methoxy groups -OCH3 is 1.